The van der Waals surface area contributed by atoms with Crippen LogP contribution in [-0.4, -0.2) is 39.9 Å². The van der Waals surface area contributed by atoms with Crippen LogP contribution in [0, 0.1) is 103 Å². The van der Waals surface area contributed by atoms with Gasteiger partial charge in [-0.1, -0.05) is 138 Å². The lowest BCUT2D eigenvalue weighted by Gasteiger charge is -2.14. The van der Waals surface area contributed by atoms with Gasteiger partial charge < -0.3 is 19.9 Å². The Morgan fingerprint density at radius 1 is 0.236 bits per heavy atom. The molecule has 0 saturated heterocycles. The molecule has 17 rings (SSSR count). The second kappa shape index (κ2) is 26.0. The fraction of sp³-hybridized carbons (Fsp3) is 0.0968. The topological polar surface area (TPSA) is 115 Å². The van der Waals surface area contributed by atoms with Gasteiger partial charge in [0.25, 0.3) is 0 Å². The minimum atomic E-state index is -2.28. The number of halogens is 5. The Morgan fingerprint density at radius 3 is 0.830 bits per heavy atom. The first-order valence-corrected chi connectivity index (χ1v) is 35.1. The number of hydrogen-bond donors (Lipinski definition) is 4. The number of nitrogens with zero attached hydrogens (tertiary/aromatic N) is 4. The number of fused-ring (bicyclic) bond motifs is 16. The van der Waals surface area contributed by atoms with Gasteiger partial charge in [-0.3, -0.25) is 0 Å². The van der Waals surface area contributed by atoms with Crippen molar-refractivity contribution in [1.29, 1.82) is 0 Å². The monoisotopic (exact) mass is 1390 g/mol. The highest BCUT2D eigenvalue weighted by Gasteiger charge is 2.31. The lowest BCUT2D eigenvalue weighted by Crippen LogP contribution is -2.05. The Balaban J connectivity index is 0.906. The van der Waals surface area contributed by atoms with Crippen molar-refractivity contribution in [2.24, 2.45) is 0 Å². The zero-order chi connectivity index (χ0) is 73.1. The van der Waals surface area contributed by atoms with Gasteiger partial charge in [0.2, 0.25) is 5.82 Å². The first-order valence-electron chi connectivity index (χ1n) is 35.1. The van der Waals surface area contributed by atoms with Gasteiger partial charge >= 0.3 is 0 Å². The van der Waals surface area contributed by atoms with Gasteiger partial charge in [0, 0.05) is 83.1 Å². The van der Waals surface area contributed by atoms with Gasteiger partial charge in [-0.05, 0) is 238 Å². The van der Waals surface area contributed by atoms with E-state index >= 15 is 17.6 Å². The van der Waals surface area contributed by atoms with Crippen LogP contribution in [0.15, 0.2) is 170 Å². The molecule has 0 radical (unpaired) electrons. The molecule has 16 bridgehead atoms. The molecular weight excluding hydrogens is 1320 g/mol. The highest BCUT2D eigenvalue weighted by Crippen LogP contribution is 2.45. The van der Waals surface area contributed by atoms with Crippen molar-refractivity contribution in [3.05, 3.63) is 306 Å². The summed E-state index contributed by atoms with van der Waals surface area (Å²) in [6.45, 7) is 19.4. The Kier molecular flexibility index (Phi) is 16.3. The predicted octanol–water partition coefficient (Wildman–Crippen LogP) is 24.2. The van der Waals surface area contributed by atoms with E-state index in [1.165, 1.54) is 11.6 Å². The van der Waals surface area contributed by atoms with Gasteiger partial charge in [-0.2, -0.15) is 0 Å². The van der Waals surface area contributed by atoms with E-state index in [0.29, 0.717) is 44.6 Å². The van der Waals surface area contributed by atoms with Gasteiger partial charge in [0.15, 0.2) is 23.3 Å². The van der Waals surface area contributed by atoms with Crippen molar-refractivity contribution in [2.45, 2.75) is 62.3 Å². The molecule has 6 aromatic heterocycles. The van der Waals surface area contributed by atoms with Crippen molar-refractivity contribution in [3.63, 3.8) is 0 Å². The Bertz CT molecular complexity index is 6390. The number of aryl methyl sites for hydroxylation is 9. The summed E-state index contributed by atoms with van der Waals surface area (Å²) in [7, 11) is 0. The first kappa shape index (κ1) is 66.2. The number of nitrogens with one attached hydrogen (secondary N) is 4. The molecule has 0 spiro atoms. The summed E-state index contributed by atoms with van der Waals surface area (Å²) >= 11 is 0. The molecule has 0 aliphatic carbocycles. The van der Waals surface area contributed by atoms with Gasteiger partial charge in [0.1, 0.15) is 0 Å². The van der Waals surface area contributed by atoms with Crippen LogP contribution in [0.4, 0.5) is 22.0 Å². The molecule has 106 heavy (non-hydrogen) atoms. The van der Waals surface area contributed by atoms with Crippen molar-refractivity contribution in [3.8, 4) is 89.7 Å². The Labute approximate surface area is 608 Å². The standard InChI is InChI=1S/C93H67F5N8/c1-48-42-51(4)78(52(5)43-48)84-70-35-32-68(102-70)83(69-33-36-71(103-69)85(79-53(6)44-49(2)45-54(79)7)73-39-41-75(106-73)86(74-40-38-72(84)105-74)80-55(8)46-50(3)47-56(80)9)60-23-20-57(21-24-60)22-25-61-62-26-28-64(99-62)81(58-16-12-10-13-17-58)65-30-31-66(101-65)82(59-18-14-11-15-19-59)67-34-37-77(104-67)87(76-29-27-63(61)100-76)88-89(94)91(96)93(98)92(97)90(88)95/h10-21,23-24,26-47,99,102,104,106H,1-9H3. The molecule has 0 fully saturated rings. The molecule has 0 atom stereocenters. The van der Waals surface area contributed by atoms with Gasteiger partial charge in [0.05, 0.1) is 62.2 Å². The summed E-state index contributed by atoms with van der Waals surface area (Å²) in [6, 6.07) is 56.4. The van der Waals surface area contributed by atoms with Crippen LogP contribution < -0.4 is 0 Å². The number of rotatable bonds is 7. The lowest BCUT2D eigenvalue weighted by molar-refractivity contribution is 0.381. The Morgan fingerprint density at radius 2 is 0.491 bits per heavy atom. The zero-order valence-corrected chi connectivity index (χ0v) is 59.5. The summed E-state index contributed by atoms with van der Waals surface area (Å²) in [5, 5.41) is 0. The second-order valence-corrected chi connectivity index (χ2v) is 27.8. The maximum absolute atomic E-state index is 16.5. The molecule has 4 N–H and O–H groups in total. The van der Waals surface area contributed by atoms with Crippen LogP contribution >= 0.6 is 0 Å². The first-order chi connectivity index (χ1) is 51.3. The molecule has 13 heteroatoms. The highest BCUT2D eigenvalue weighted by molar-refractivity contribution is 6.03. The lowest BCUT2D eigenvalue weighted by atomic mass is 9.92. The summed E-state index contributed by atoms with van der Waals surface area (Å²) in [6.07, 6.45) is 15.5. The van der Waals surface area contributed by atoms with E-state index in [1.807, 2.05) is 109 Å². The van der Waals surface area contributed by atoms with Crippen molar-refractivity contribution < 1.29 is 22.0 Å². The number of aromatic amines is 4. The minimum Gasteiger partial charge on any atom is -0.354 e. The fourth-order valence-electron chi connectivity index (χ4n) is 16.1. The predicted molar refractivity (Wildman–Crippen MR) is 424 cm³/mol. The highest BCUT2D eigenvalue weighted by atomic mass is 19.2. The van der Waals surface area contributed by atoms with Crippen LogP contribution in [0.2, 0.25) is 0 Å². The van der Waals surface area contributed by atoms with E-state index in [4.69, 9.17) is 19.9 Å². The van der Waals surface area contributed by atoms with Crippen LogP contribution in [-0.2, 0) is 0 Å². The molecule has 514 valence electrons. The third-order valence-electron chi connectivity index (χ3n) is 20.4. The molecule has 7 aromatic carbocycles. The third-order valence-corrected chi connectivity index (χ3v) is 20.4. The number of hydrogen-bond acceptors (Lipinski definition) is 4. The number of aromatic nitrogens is 8. The Hall–Kier alpha value is -13.1. The summed E-state index contributed by atoms with van der Waals surface area (Å²) in [5.41, 5.74) is 30.4. The van der Waals surface area contributed by atoms with Crippen LogP contribution in [0.5, 0.6) is 0 Å². The smallest absolute Gasteiger partial charge is 0.200 e. The van der Waals surface area contributed by atoms with E-state index in [1.54, 1.807) is 18.2 Å². The molecule has 10 heterocycles. The molecule has 0 unspecified atom stereocenters. The van der Waals surface area contributed by atoms with Crippen LogP contribution in [0.1, 0.15) is 107 Å². The molecular formula is C93H67F5N8. The van der Waals surface area contributed by atoms with E-state index < -0.39 is 34.6 Å². The van der Waals surface area contributed by atoms with Crippen molar-refractivity contribution in [2.75, 3.05) is 0 Å². The summed E-state index contributed by atoms with van der Waals surface area (Å²) in [5.74, 6) is -3.63. The maximum Gasteiger partial charge on any atom is 0.200 e. The fourth-order valence-corrected chi connectivity index (χ4v) is 16.1. The van der Waals surface area contributed by atoms with E-state index in [9.17, 15) is 4.39 Å². The van der Waals surface area contributed by atoms with E-state index in [0.717, 1.165) is 151 Å². The average Bonchev–Trinajstić information content (AvgIpc) is 1.66. The van der Waals surface area contributed by atoms with E-state index in [-0.39, 0.29) is 22.5 Å². The summed E-state index contributed by atoms with van der Waals surface area (Å²) < 4.78 is 79.1. The second-order valence-electron chi connectivity index (χ2n) is 27.8. The minimum absolute atomic E-state index is 0.0277. The van der Waals surface area contributed by atoms with Crippen LogP contribution in [0.25, 0.3) is 171 Å². The normalized spacial score (nSPS) is 12.2. The number of H-pyrrole nitrogens is 4. The molecule has 0 amide bonds. The van der Waals surface area contributed by atoms with Crippen molar-refractivity contribution in [1.82, 2.24) is 39.9 Å². The maximum atomic E-state index is 16.5. The van der Waals surface area contributed by atoms with Crippen molar-refractivity contribution >= 4 is 92.7 Å². The third kappa shape index (κ3) is 11.4. The molecule has 0 saturated carbocycles. The van der Waals surface area contributed by atoms with Crippen LogP contribution in [0.3, 0.4) is 0 Å². The van der Waals surface area contributed by atoms with Gasteiger partial charge in [-0.15, -0.1) is 0 Å². The molecule has 8 nitrogen and oxygen atoms in total. The van der Waals surface area contributed by atoms with Gasteiger partial charge in [-0.25, -0.2) is 41.9 Å². The molecule has 13 aromatic rings. The molecule has 4 aliphatic heterocycles. The zero-order valence-electron chi connectivity index (χ0n) is 59.5. The average molecular weight is 1390 g/mol. The van der Waals surface area contributed by atoms with E-state index in [2.05, 4.69) is 179 Å². The largest absolute Gasteiger partial charge is 0.354 e. The summed E-state index contributed by atoms with van der Waals surface area (Å²) in [4.78, 5) is 36.5. The SMILES string of the molecule is Cc1cc(C)c(-c2c3nc(c(-c4c(C)cc(C)cc4C)c4ccc([nH]4)c(-c4c(C)cc(C)cc4C)c4nc(c(-c5ccc(C#Cc6c7nc(c(-c8c(F)c(F)c(F)c(F)c8F)c8ccc([nH]8)c(-c8ccccc8)c8nc(c(-c9ccccc9)c9ccc6[nH]9)C=C8)C=C7)cc5)c5ccc2[nH]5)C=C4)C=C3)c(C)c1. The quantitative estimate of drug-likeness (QED) is 0.0551. The number of benzene rings is 7. The molecule has 4 aliphatic rings.